The number of carboxylic acids is 2. The fourth-order valence-corrected chi connectivity index (χ4v) is 2.18. The van der Waals surface area contributed by atoms with Crippen molar-refractivity contribution in [2.24, 2.45) is 4.99 Å². The first kappa shape index (κ1) is 30.0. The summed E-state index contributed by atoms with van der Waals surface area (Å²) < 4.78 is 0. The molecule has 0 saturated carbocycles. The Hall–Kier alpha value is -0.720. The molecule has 0 aromatic heterocycles. The minimum Gasteiger partial charge on any atom is -0.503 e. The molecule has 0 radical (unpaired) electrons. The van der Waals surface area contributed by atoms with Crippen LogP contribution in [0.25, 0.3) is 0 Å². The Balaban J connectivity index is -0.000000431. The van der Waals surface area contributed by atoms with Gasteiger partial charge in [-0.2, -0.15) is 6.42 Å². The molecule has 1 heterocycles. The molecule has 3 N–H and O–H groups in total. The molecular weight excluding hydrogens is 343 g/mol. The minimum absolute atomic E-state index is 0. The average molecular weight is 381 g/mol. The van der Waals surface area contributed by atoms with Gasteiger partial charge in [-0.25, -0.2) is 0 Å². The molecule has 0 fully saturated rings. The van der Waals surface area contributed by atoms with Crippen LogP contribution >= 0.6 is 0 Å². The minimum atomic E-state index is -0.833. The number of nitrogens with one attached hydrogen (secondary N) is 1. The summed E-state index contributed by atoms with van der Waals surface area (Å²) in [6.07, 6.45) is 16.8. The van der Waals surface area contributed by atoms with E-state index in [2.05, 4.69) is 17.2 Å². The van der Waals surface area contributed by atoms with E-state index in [-0.39, 0.29) is 29.6 Å². The third kappa shape index (κ3) is 38.7. The van der Waals surface area contributed by atoms with Gasteiger partial charge in [-0.05, 0) is 0 Å². The van der Waals surface area contributed by atoms with Crippen LogP contribution in [0.3, 0.4) is 0 Å². The third-order valence-electron chi connectivity index (χ3n) is 3.44. The van der Waals surface area contributed by atoms with Crippen LogP contribution in [0, 0.1) is 6.42 Å². The molecule has 7 heteroatoms. The Bertz CT molecular complexity index is 330. The average Bonchev–Trinajstić information content (AvgIpc) is 3.11. The van der Waals surface area contributed by atoms with Crippen molar-refractivity contribution >= 4 is 18.3 Å². The van der Waals surface area contributed by atoms with Gasteiger partial charge >= 0.3 is 29.6 Å². The van der Waals surface area contributed by atoms with Crippen LogP contribution in [0.2, 0.25) is 0 Å². The van der Waals surface area contributed by atoms with E-state index in [1.54, 1.807) is 6.34 Å². The molecule has 1 aliphatic heterocycles. The molecule has 0 atom stereocenters. The molecule has 0 aliphatic carbocycles. The van der Waals surface area contributed by atoms with Gasteiger partial charge in [-0.1, -0.05) is 71.1 Å². The fraction of sp³-hybridized carbons (Fsp3) is 0.789. The largest absolute Gasteiger partial charge is 1.00 e. The van der Waals surface area contributed by atoms with Crippen molar-refractivity contribution in [1.82, 2.24) is 5.32 Å². The zero-order chi connectivity index (χ0) is 19.2. The summed E-state index contributed by atoms with van der Waals surface area (Å²) in [5.74, 6) is -1.61. The number of unbranched alkanes of at least 4 members (excludes halogenated alkanes) is 10. The summed E-state index contributed by atoms with van der Waals surface area (Å²) in [7, 11) is 0. The summed E-state index contributed by atoms with van der Waals surface area (Å²) >= 11 is 0. The molecule has 0 bridgehead atoms. The number of carbonyl (C=O) groups is 2. The quantitative estimate of drug-likeness (QED) is 0.269. The van der Waals surface area contributed by atoms with Crippen molar-refractivity contribution in [3.05, 3.63) is 6.42 Å². The maximum atomic E-state index is 10.2. The first-order chi connectivity index (χ1) is 12.0. The number of hydrogen-bond acceptors (Lipinski definition) is 4. The SMILES string of the molecule is C1=NCCN1.CC(=O)O.CCCCCCCCCCCC[CH-]C(=O)O.[Na+]. The third-order valence-corrected chi connectivity index (χ3v) is 3.44. The van der Waals surface area contributed by atoms with Crippen LogP contribution in [-0.2, 0) is 9.59 Å². The molecule has 0 amide bonds. The molecule has 0 unspecified atom stereocenters. The summed E-state index contributed by atoms with van der Waals surface area (Å²) in [6, 6.07) is 0. The second-order valence-electron chi connectivity index (χ2n) is 6.02. The zero-order valence-electron chi connectivity index (χ0n) is 17.0. The van der Waals surface area contributed by atoms with Gasteiger partial charge in [0.2, 0.25) is 0 Å². The van der Waals surface area contributed by atoms with Crippen LogP contribution in [0.4, 0.5) is 0 Å². The second kappa shape index (κ2) is 26.5. The number of aliphatic carboxylic acids is 2. The van der Waals surface area contributed by atoms with Crippen molar-refractivity contribution in [3.8, 4) is 0 Å². The molecule has 26 heavy (non-hydrogen) atoms. The van der Waals surface area contributed by atoms with Crippen molar-refractivity contribution in [1.29, 1.82) is 0 Å². The van der Waals surface area contributed by atoms with E-state index in [9.17, 15) is 4.79 Å². The smallest absolute Gasteiger partial charge is 0.503 e. The van der Waals surface area contributed by atoms with Gasteiger partial charge in [0, 0.05) is 13.5 Å². The van der Waals surface area contributed by atoms with E-state index < -0.39 is 11.9 Å². The maximum absolute atomic E-state index is 10.2. The van der Waals surface area contributed by atoms with Crippen LogP contribution in [0.1, 0.15) is 84.5 Å². The molecule has 148 valence electrons. The van der Waals surface area contributed by atoms with Crippen LogP contribution in [-0.4, -0.2) is 41.6 Å². The van der Waals surface area contributed by atoms with Crippen molar-refractivity contribution in [3.63, 3.8) is 0 Å². The summed E-state index contributed by atoms with van der Waals surface area (Å²) in [5, 5.41) is 18.7. The van der Waals surface area contributed by atoms with Crippen molar-refractivity contribution < 1.29 is 49.4 Å². The Labute approximate surface area is 181 Å². The van der Waals surface area contributed by atoms with Gasteiger partial charge in [-0.3, -0.25) is 21.0 Å². The molecule has 0 aromatic rings. The molecule has 0 spiro atoms. The van der Waals surface area contributed by atoms with Crippen molar-refractivity contribution in [2.45, 2.75) is 84.5 Å². The van der Waals surface area contributed by atoms with Gasteiger partial charge in [0.05, 0.1) is 12.9 Å². The standard InChI is InChI=1S/C14H27O2.C3H6N2.C2H4O2.Na/c1-2-3-4-5-6-7-8-9-10-11-12-13-14(15)16;1-2-5-3-4-1;1-2(3)4;/h13H,2-12H2,1H3,(H,15,16);3H,1-2H2,(H,4,5);1H3,(H,3,4);/q-1;;;+1. The van der Waals surface area contributed by atoms with Crippen LogP contribution in [0.15, 0.2) is 4.99 Å². The second-order valence-corrected chi connectivity index (χ2v) is 6.02. The number of carboxylic acid groups (broad SMARTS) is 2. The predicted molar refractivity (Wildman–Crippen MR) is 103 cm³/mol. The van der Waals surface area contributed by atoms with Gasteiger partial charge < -0.3 is 15.5 Å². The molecule has 0 aromatic carbocycles. The summed E-state index contributed by atoms with van der Waals surface area (Å²) in [6.45, 7) is 5.31. The number of aliphatic imine (C=N–C) groups is 1. The normalized spacial score (nSPS) is 11.0. The fourth-order valence-electron chi connectivity index (χ4n) is 2.18. The Morgan fingerprint density at radius 3 is 1.77 bits per heavy atom. The molecule has 1 rings (SSSR count). The Kier molecular flexibility index (Phi) is 30.6. The number of nitrogens with zero attached hydrogens (tertiary/aromatic N) is 1. The van der Waals surface area contributed by atoms with Gasteiger partial charge in [0.25, 0.3) is 5.97 Å². The van der Waals surface area contributed by atoms with Gasteiger partial charge in [0.1, 0.15) is 0 Å². The van der Waals surface area contributed by atoms with E-state index >= 15 is 0 Å². The van der Waals surface area contributed by atoms with E-state index in [0.717, 1.165) is 32.9 Å². The first-order valence-electron chi connectivity index (χ1n) is 9.48. The zero-order valence-corrected chi connectivity index (χ0v) is 19.0. The topological polar surface area (TPSA) is 99.0 Å². The van der Waals surface area contributed by atoms with Crippen LogP contribution < -0.4 is 34.9 Å². The molecule has 6 nitrogen and oxygen atoms in total. The van der Waals surface area contributed by atoms with Crippen LogP contribution in [0.5, 0.6) is 0 Å². The van der Waals surface area contributed by atoms with Crippen molar-refractivity contribution in [2.75, 3.05) is 13.1 Å². The summed E-state index contributed by atoms with van der Waals surface area (Å²) in [5.41, 5.74) is 0. The predicted octanol–water partition coefficient (Wildman–Crippen LogP) is 1.30. The van der Waals surface area contributed by atoms with E-state index in [4.69, 9.17) is 15.0 Å². The monoisotopic (exact) mass is 380 g/mol. The summed E-state index contributed by atoms with van der Waals surface area (Å²) in [4.78, 5) is 23.1. The van der Waals surface area contributed by atoms with E-state index in [0.29, 0.717) is 0 Å². The Morgan fingerprint density at radius 1 is 1.00 bits per heavy atom. The van der Waals surface area contributed by atoms with Gasteiger partial charge in [0.15, 0.2) is 5.97 Å². The molecular formula is C19H37N2NaO4. The maximum Gasteiger partial charge on any atom is 1.00 e. The number of rotatable bonds is 12. The van der Waals surface area contributed by atoms with E-state index in [1.807, 2.05) is 0 Å². The van der Waals surface area contributed by atoms with Gasteiger partial charge in [-0.15, -0.1) is 0 Å². The molecule has 1 aliphatic rings. The number of hydrogen-bond donors (Lipinski definition) is 3. The van der Waals surface area contributed by atoms with E-state index in [1.165, 1.54) is 64.2 Å². The molecule has 0 saturated heterocycles. The Morgan fingerprint density at radius 2 is 1.46 bits per heavy atom. The first-order valence-corrected chi connectivity index (χ1v) is 9.48.